The van der Waals surface area contributed by atoms with E-state index in [-0.39, 0.29) is 30.3 Å². The SMILES string of the molecule is CNCC(C)C(=O)N1CCCC1CC(O)c1ccccc1.Cl. The molecule has 3 atom stereocenters. The van der Waals surface area contributed by atoms with Crippen LogP contribution in [0.25, 0.3) is 0 Å². The fourth-order valence-electron chi connectivity index (χ4n) is 3.12. The molecule has 2 rings (SSSR count). The van der Waals surface area contributed by atoms with Crippen LogP contribution in [0.4, 0.5) is 0 Å². The molecule has 0 saturated carbocycles. The number of likely N-dealkylation sites (tertiary alicyclic amines) is 1. The molecule has 1 heterocycles. The van der Waals surface area contributed by atoms with E-state index < -0.39 is 6.10 Å². The Bertz CT molecular complexity index is 455. The predicted octanol–water partition coefficient (Wildman–Crippen LogP) is 2.38. The molecule has 2 N–H and O–H groups in total. The van der Waals surface area contributed by atoms with E-state index in [1.54, 1.807) is 0 Å². The highest BCUT2D eigenvalue weighted by Gasteiger charge is 2.32. The van der Waals surface area contributed by atoms with E-state index >= 15 is 0 Å². The first-order valence-corrected chi connectivity index (χ1v) is 7.81. The minimum Gasteiger partial charge on any atom is -0.388 e. The Morgan fingerprint density at radius 3 is 2.73 bits per heavy atom. The molecule has 1 aromatic carbocycles. The summed E-state index contributed by atoms with van der Waals surface area (Å²) in [5.74, 6) is 0.191. The van der Waals surface area contributed by atoms with Gasteiger partial charge in [-0.25, -0.2) is 0 Å². The van der Waals surface area contributed by atoms with Gasteiger partial charge in [-0.05, 0) is 31.9 Å². The molecule has 1 amide bonds. The molecule has 1 fully saturated rings. The average Bonchev–Trinajstić information content (AvgIpc) is 2.95. The molecular weight excluding hydrogens is 300 g/mol. The molecule has 0 radical (unpaired) electrons. The molecule has 0 aliphatic carbocycles. The zero-order chi connectivity index (χ0) is 15.2. The van der Waals surface area contributed by atoms with E-state index in [0.29, 0.717) is 13.0 Å². The zero-order valence-corrected chi connectivity index (χ0v) is 14.2. The second-order valence-corrected chi connectivity index (χ2v) is 5.95. The molecule has 22 heavy (non-hydrogen) atoms. The van der Waals surface area contributed by atoms with Gasteiger partial charge in [0.15, 0.2) is 0 Å². The smallest absolute Gasteiger partial charge is 0.226 e. The van der Waals surface area contributed by atoms with E-state index in [2.05, 4.69) is 5.32 Å². The molecule has 4 nitrogen and oxygen atoms in total. The van der Waals surface area contributed by atoms with Crippen LogP contribution in [0.3, 0.4) is 0 Å². The van der Waals surface area contributed by atoms with Gasteiger partial charge in [-0.1, -0.05) is 37.3 Å². The van der Waals surface area contributed by atoms with Crippen LogP contribution in [0.15, 0.2) is 30.3 Å². The molecule has 3 unspecified atom stereocenters. The van der Waals surface area contributed by atoms with Gasteiger partial charge in [0.05, 0.1) is 6.10 Å². The van der Waals surface area contributed by atoms with E-state index in [0.717, 1.165) is 24.9 Å². The van der Waals surface area contributed by atoms with Gasteiger partial charge in [0, 0.05) is 25.0 Å². The van der Waals surface area contributed by atoms with Crippen LogP contribution in [0, 0.1) is 5.92 Å². The summed E-state index contributed by atoms with van der Waals surface area (Å²) in [5.41, 5.74) is 0.931. The highest BCUT2D eigenvalue weighted by molar-refractivity contribution is 5.85. The van der Waals surface area contributed by atoms with Crippen molar-refractivity contribution in [3.63, 3.8) is 0 Å². The van der Waals surface area contributed by atoms with Crippen molar-refractivity contribution in [1.82, 2.24) is 10.2 Å². The van der Waals surface area contributed by atoms with Gasteiger partial charge < -0.3 is 15.3 Å². The van der Waals surface area contributed by atoms with Crippen molar-refractivity contribution in [3.8, 4) is 0 Å². The Kier molecular flexibility index (Phi) is 7.87. The summed E-state index contributed by atoms with van der Waals surface area (Å²) in [7, 11) is 1.87. The van der Waals surface area contributed by atoms with Crippen molar-refractivity contribution in [2.75, 3.05) is 20.1 Å². The van der Waals surface area contributed by atoms with Crippen LogP contribution >= 0.6 is 12.4 Å². The van der Waals surface area contributed by atoms with Crippen molar-refractivity contribution in [3.05, 3.63) is 35.9 Å². The summed E-state index contributed by atoms with van der Waals surface area (Å²) in [5, 5.41) is 13.4. The number of benzene rings is 1. The Hall–Kier alpha value is -1.10. The molecule has 1 aromatic rings. The fraction of sp³-hybridized carbons (Fsp3) is 0.588. The Labute approximate surface area is 139 Å². The Morgan fingerprint density at radius 2 is 2.09 bits per heavy atom. The standard InChI is InChI=1S/C17H26N2O2.ClH/c1-13(12-18-2)17(21)19-10-6-9-15(19)11-16(20)14-7-4-3-5-8-14;/h3-5,7-8,13,15-16,18,20H,6,9-12H2,1-2H3;1H. The highest BCUT2D eigenvalue weighted by atomic mass is 35.5. The van der Waals surface area contributed by atoms with Crippen LogP contribution in [-0.2, 0) is 4.79 Å². The third-order valence-corrected chi connectivity index (χ3v) is 4.27. The van der Waals surface area contributed by atoms with Crippen LogP contribution in [0.1, 0.15) is 37.9 Å². The van der Waals surface area contributed by atoms with Crippen molar-refractivity contribution < 1.29 is 9.90 Å². The maximum atomic E-state index is 12.5. The largest absolute Gasteiger partial charge is 0.388 e. The second-order valence-electron chi connectivity index (χ2n) is 5.95. The first kappa shape index (κ1) is 18.9. The van der Waals surface area contributed by atoms with Crippen molar-refractivity contribution >= 4 is 18.3 Å². The van der Waals surface area contributed by atoms with Gasteiger partial charge in [-0.3, -0.25) is 4.79 Å². The summed E-state index contributed by atoms with van der Waals surface area (Å²) in [4.78, 5) is 14.4. The topological polar surface area (TPSA) is 52.6 Å². The Balaban J connectivity index is 0.00000242. The summed E-state index contributed by atoms with van der Waals surface area (Å²) in [6.07, 6.45) is 2.15. The predicted molar refractivity (Wildman–Crippen MR) is 91.1 cm³/mol. The van der Waals surface area contributed by atoms with Crippen LogP contribution in [0.2, 0.25) is 0 Å². The van der Waals surface area contributed by atoms with E-state index in [9.17, 15) is 9.90 Å². The van der Waals surface area contributed by atoms with E-state index in [4.69, 9.17) is 0 Å². The van der Waals surface area contributed by atoms with Gasteiger partial charge in [0.2, 0.25) is 5.91 Å². The highest BCUT2D eigenvalue weighted by Crippen LogP contribution is 2.28. The monoisotopic (exact) mass is 326 g/mol. The third-order valence-electron chi connectivity index (χ3n) is 4.27. The number of halogens is 1. The number of carbonyl (C=O) groups is 1. The van der Waals surface area contributed by atoms with Crippen molar-refractivity contribution in [2.24, 2.45) is 5.92 Å². The summed E-state index contributed by atoms with van der Waals surface area (Å²) in [6, 6.07) is 9.86. The quantitative estimate of drug-likeness (QED) is 0.844. The molecule has 0 aromatic heterocycles. The molecular formula is C17H27ClN2O2. The molecule has 1 aliphatic rings. The van der Waals surface area contributed by atoms with Crippen LogP contribution < -0.4 is 5.32 Å². The average molecular weight is 327 g/mol. The maximum absolute atomic E-state index is 12.5. The third kappa shape index (κ3) is 4.70. The molecule has 0 bridgehead atoms. The number of hydrogen-bond donors (Lipinski definition) is 2. The number of nitrogens with zero attached hydrogens (tertiary/aromatic N) is 1. The molecule has 0 spiro atoms. The van der Waals surface area contributed by atoms with Gasteiger partial charge in [-0.15, -0.1) is 12.4 Å². The van der Waals surface area contributed by atoms with Gasteiger partial charge in [-0.2, -0.15) is 0 Å². The lowest BCUT2D eigenvalue weighted by Gasteiger charge is -2.29. The van der Waals surface area contributed by atoms with Gasteiger partial charge >= 0.3 is 0 Å². The van der Waals surface area contributed by atoms with Crippen molar-refractivity contribution in [1.29, 1.82) is 0 Å². The molecule has 1 aliphatic heterocycles. The number of amides is 1. The van der Waals surface area contributed by atoms with E-state index in [1.165, 1.54) is 0 Å². The van der Waals surface area contributed by atoms with Crippen LogP contribution in [0.5, 0.6) is 0 Å². The number of carbonyl (C=O) groups excluding carboxylic acids is 1. The number of aliphatic hydroxyl groups is 1. The minimum atomic E-state index is -0.496. The molecule has 5 heteroatoms. The summed E-state index contributed by atoms with van der Waals surface area (Å²) < 4.78 is 0. The second kappa shape index (κ2) is 9.13. The number of hydrogen-bond acceptors (Lipinski definition) is 3. The number of nitrogens with one attached hydrogen (secondary N) is 1. The number of rotatable bonds is 6. The van der Waals surface area contributed by atoms with Gasteiger partial charge in [0.1, 0.15) is 0 Å². The summed E-state index contributed by atoms with van der Waals surface area (Å²) >= 11 is 0. The first-order chi connectivity index (χ1) is 10.1. The van der Waals surface area contributed by atoms with Crippen molar-refractivity contribution in [2.45, 2.75) is 38.3 Å². The lowest BCUT2D eigenvalue weighted by Crippen LogP contribution is -2.42. The number of aliphatic hydroxyl groups excluding tert-OH is 1. The lowest BCUT2D eigenvalue weighted by molar-refractivity contribution is -0.136. The van der Waals surface area contributed by atoms with Gasteiger partial charge in [0.25, 0.3) is 0 Å². The first-order valence-electron chi connectivity index (χ1n) is 7.81. The van der Waals surface area contributed by atoms with Crippen LogP contribution in [-0.4, -0.2) is 42.1 Å². The minimum absolute atomic E-state index is 0. The summed E-state index contributed by atoms with van der Waals surface area (Å²) in [6.45, 7) is 3.48. The molecule has 124 valence electrons. The lowest BCUT2D eigenvalue weighted by atomic mass is 10.00. The van der Waals surface area contributed by atoms with E-state index in [1.807, 2.05) is 49.2 Å². The Morgan fingerprint density at radius 1 is 1.41 bits per heavy atom. The normalized spacial score (nSPS) is 20.3. The fourth-order valence-corrected chi connectivity index (χ4v) is 3.12. The zero-order valence-electron chi connectivity index (χ0n) is 13.4. The molecule has 1 saturated heterocycles. The maximum Gasteiger partial charge on any atom is 0.226 e.